The molecule has 6 nitrogen and oxygen atoms in total. The van der Waals surface area contributed by atoms with E-state index in [1.165, 1.54) is 16.9 Å². The van der Waals surface area contributed by atoms with Gasteiger partial charge in [0, 0.05) is 17.5 Å². The zero-order valence-electron chi connectivity index (χ0n) is 8.99. The number of carbonyl (C=O) groups excluding carboxylic acids is 1. The SMILES string of the molecule is Cc1cc(C(=O)O)nn1-c1ccc(C=O)cn1. The first-order chi connectivity index (χ1) is 8.11. The van der Waals surface area contributed by atoms with Gasteiger partial charge >= 0.3 is 5.97 Å². The molecular weight excluding hydrogens is 222 g/mol. The van der Waals surface area contributed by atoms with Crippen molar-refractivity contribution in [3.05, 3.63) is 41.3 Å². The summed E-state index contributed by atoms with van der Waals surface area (Å²) in [7, 11) is 0. The van der Waals surface area contributed by atoms with Crippen LogP contribution in [0.4, 0.5) is 0 Å². The number of aryl methyl sites for hydroxylation is 1. The number of aromatic carboxylic acids is 1. The van der Waals surface area contributed by atoms with Gasteiger partial charge in [-0.3, -0.25) is 4.79 Å². The second-order valence-corrected chi connectivity index (χ2v) is 3.46. The van der Waals surface area contributed by atoms with E-state index in [1.54, 1.807) is 19.1 Å². The van der Waals surface area contributed by atoms with Crippen LogP contribution < -0.4 is 0 Å². The summed E-state index contributed by atoms with van der Waals surface area (Å²) in [6.45, 7) is 1.73. The van der Waals surface area contributed by atoms with Gasteiger partial charge in [0.2, 0.25) is 0 Å². The zero-order valence-corrected chi connectivity index (χ0v) is 8.99. The minimum Gasteiger partial charge on any atom is -0.476 e. The van der Waals surface area contributed by atoms with E-state index in [4.69, 9.17) is 5.11 Å². The van der Waals surface area contributed by atoms with Crippen LogP contribution in [0.15, 0.2) is 24.4 Å². The van der Waals surface area contributed by atoms with E-state index in [1.807, 2.05) is 0 Å². The van der Waals surface area contributed by atoms with Crippen molar-refractivity contribution in [3.63, 3.8) is 0 Å². The van der Waals surface area contributed by atoms with E-state index in [9.17, 15) is 9.59 Å². The van der Waals surface area contributed by atoms with Crippen molar-refractivity contribution in [1.82, 2.24) is 14.8 Å². The van der Waals surface area contributed by atoms with Gasteiger partial charge in [-0.2, -0.15) is 5.10 Å². The Hall–Kier alpha value is -2.50. The molecule has 0 spiro atoms. The van der Waals surface area contributed by atoms with E-state index in [2.05, 4.69) is 10.1 Å². The molecular formula is C11H9N3O3. The molecule has 0 saturated carbocycles. The Morgan fingerprint density at radius 3 is 2.71 bits per heavy atom. The van der Waals surface area contributed by atoms with Crippen molar-refractivity contribution in [1.29, 1.82) is 0 Å². The molecule has 1 N–H and O–H groups in total. The number of pyridine rings is 1. The van der Waals surface area contributed by atoms with Crippen molar-refractivity contribution in [2.75, 3.05) is 0 Å². The number of hydrogen-bond acceptors (Lipinski definition) is 4. The lowest BCUT2D eigenvalue weighted by Gasteiger charge is -2.02. The average molecular weight is 231 g/mol. The van der Waals surface area contributed by atoms with Gasteiger partial charge in [0.1, 0.15) is 0 Å². The minimum absolute atomic E-state index is 0.0382. The summed E-state index contributed by atoms with van der Waals surface area (Å²) < 4.78 is 1.41. The molecule has 0 aliphatic carbocycles. The third-order valence-electron chi connectivity index (χ3n) is 2.23. The number of carbonyl (C=O) groups is 2. The number of nitrogens with zero attached hydrogens (tertiary/aromatic N) is 3. The number of aromatic nitrogens is 3. The first kappa shape index (κ1) is 11.0. The monoisotopic (exact) mass is 231 g/mol. The molecule has 0 aromatic carbocycles. The molecule has 2 rings (SSSR count). The van der Waals surface area contributed by atoms with E-state index in [0.717, 1.165) is 0 Å². The van der Waals surface area contributed by atoms with Gasteiger partial charge in [-0.1, -0.05) is 0 Å². The van der Waals surface area contributed by atoms with Gasteiger partial charge in [0.25, 0.3) is 0 Å². The molecule has 0 aliphatic heterocycles. The van der Waals surface area contributed by atoms with Crippen molar-refractivity contribution < 1.29 is 14.7 Å². The summed E-state index contributed by atoms with van der Waals surface area (Å²) in [5.74, 6) is -0.614. The molecule has 0 fully saturated rings. The first-order valence-corrected chi connectivity index (χ1v) is 4.83. The van der Waals surface area contributed by atoms with Gasteiger partial charge in [-0.25, -0.2) is 14.5 Å². The molecule has 0 unspecified atom stereocenters. The maximum Gasteiger partial charge on any atom is 0.356 e. The molecule has 86 valence electrons. The smallest absolute Gasteiger partial charge is 0.356 e. The molecule has 0 bridgehead atoms. The lowest BCUT2D eigenvalue weighted by atomic mass is 10.3. The van der Waals surface area contributed by atoms with Crippen molar-refractivity contribution in [2.45, 2.75) is 6.92 Å². The Labute approximate surface area is 96.5 Å². The molecule has 2 aromatic heterocycles. The summed E-state index contributed by atoms with van der Waals surface area (Å²) in [6.07, 6.45) is 2.10. The number of rotatable bonds is 3. The molecule has 2 heterocycles. The summed E-state index contributed by atoms with van der Waals surface area (Å²) in [6, 6.07) is 4.66. The zero-order chi connectivity index (χ0) is 12.4. The Kier molecular flexibility index (Phi) is 2.70. The highest BCUT2D eigenvalue weighted by atomic mass is 16.4. The van der Waals surface area contributed by atoms with E-state index >= 15 is 0 Å². The van der Waals surface area contributed by atoms with Crippen LogP contribution in [0, 0.1) is 6.92 Å². The highest BCUT2D eigenvalue weighted by Gasteiger charge is 2.12. The fourth-order valence-electron chi connectivity index (χ4n) is 1.40. The summed E-state index contributed by atoms with van der Waals surface area (Å²) in [4.78, 5) is 25.3. The Bertz CT molecular complexity index is 572. The second kappa shape index (κ2) is 4.17. The van der Waals surface area contributed by atoms with Crippen LogP contribution in [-0.4, -0.2) is 32.1 Å². The van der Waals surface area contributed by atoms with Crippen LogP contribution in [-0.2, 0) is 0 Å². The fourth-order valence-corrected chi connectivity index (χ4v) is 1.40. The van der Waals surface area contributed by atoms with Gasteiger partial charge < -0.3 is 5.11 Å². The van der Waals surface area contributed by atoms with Gasteiger partial charge in [-0.15, -0.1) is 0 Å². The van der Waals surface area contributed by atoms with E-state index < -0.39 is 5.97 Å². The number of carboxylic acid groups (broad SMARTS) is 1. The maximum absolute atomic E-state index is 10.8. The standard InChI is InChI=1S/C11H9N3O3/c1-7-4-9(11(16)17)13-14(7)10-3-2-8(6-15)5-12-10/h2-6H,1H3,(H,16,17). The van der Waals surface area contributed by atoms with E-state index in [0.29, 0.717) is 23.4 Å². The van der Waals surface area contributed by atoms with Crippen molar-refractivity contribution in [2.24, 2.45) is 0 Å². The first-order valence-electron chi connectivity index (χ1n) is 4.83. The molecule has 6 heteroatoms. The topological polar surface area (TPSA) is 85.1 Å². The molecule has 0 aliphatic rings. The molecule has 17 heavy (non-hydrogen) atoms. The van der Waals surface area contributed by atoms with Crippen LogP contribution in [0.1, 0.15) is 26.5 Å². The second-order valence-electron chi connectivity index (χ2n) is 3.46. The highest BCUT2D eigenvalue weighted by molar-refractivity contribution is 5.85. The highest BCUT2D eigenvalue weighted by Crippen LogP contribution is 2.10. The predicted octanol–water partition coefficient (Wildman–Crippen LogP) is 1.09. The van der Waals surface area contributed by atoms with Crippen LogP contribution in [0.5, 0.6) is 0 Å². The number of hydrogen-bond donors (Lipinski definition) is 1. The molecule has 0 radical (unpaired) electrons. The van der Waals surface area contributed by atoms with E-state index in [-0.39, 0.29) is 5.69 Å². The molecule has 0 amide bonds. The van der Waals surface area contributed by atoms with Crippen LogP contribution in [0.25, 0.3) is 5.82 Å². The van der Waals surface area contributed by atoms with Crippen LogP contribution in [0.2, 0.25) is 0 Å². The third kappa shape index (κ3) is 2.05. The van der Waals surface area contributed by atoms with Gasteiger partial charge in [-0.05, 0) is 25.1 Å². The van der Waals surface area contributed by atoms with Crippen molar-refractivity contribution >= 4 is 12.3 Å². The average Bonchev–Trinajstić information content (AvgIpc) is 2.72. The van der Waals surface area contributed by atoms with Crippen LogP contribution >= 0.6 is 0 Å². The summed E-state index contributed by atoms with van der Waals surface area (Å²) in [5.41, 5.74) is 1.08. The van der Waals surface area contributed by atoms with Gasteiger partial charge in [0.05, 0.1) is 0 Å². The quantitative estimate of drug-likeness (QED) is 0.799. The fraction of sp³-hybridized carbons (Fsp3) is 0.0909. The lowest BCUT2D eigenvalue weighted by molar-refractivity contribution is 0.0690. The molecule has 0 atom stereocenters. The number of aldehydes is 1. The Balaban J connectivity index is 2.44. The van der Waals surface area contributed by atoms with Gasteiger partial charge in [0.15, 0.2) is 17.8 Å². The summed E-state index contributed by atoms with van der Waals surface area (Å²) in [5, 5.41) is 12.7. The lowest BCUT2D eigenvalue weighted by Crippen LogP contribution is -2.04. The molecule has 0 saturated heterocycles. The van der Waals surface area contributed by atoms with Crippen molar-refractivity contribution in [3.8, 4) is 5.82 Å². The minimum atomic E-state index is -1.09. The number of carboxylic acids is 1. The summed E-state index contributed by atoms with van der Waals surface area (Å²) >= 11 is 0. The Morgan fingerprint density at radius 2 is 2.24 bits per heavy atom. The maximum atomic E-state index is 10.8. The largest absolute Gasteiger partial charge is 0.476 e. The third-order valence-corrected chi connectivity index (χ3v) is 2.23. The van der Waals surface area contributed by atoms with Crippen LogP contribution in [0.3, 0.4) is 0 Å². The normalized spacial score (nSPS) is 10.2. The Morgan fingerprint density at radius 1 is 1.47 bits per heavy atom. The molecule has 2 aromatic rings. The predicted molar refractivity (Wildman–Crippen MR) is 58.4 cm³/mol.